The zero-order valence-electron chi connectivity index (χ0n) is 29.7. The predicted molar refractivity (Wildman–Crippen MR) is 215 cm³/mol. The number of hydrogen-bond donors (Lipinski definition) is 2. The number of nitrogens with zero attached hydrogens (tertiary/aromatic N) is 4. The van der Waals surface area contributed by atoms with Crippen LogP contribution < -0.4 is 21.3 Å². The Morgan fingerprint density at radius 3 is 1.21 bits per heavy atom. The Hall–Kier alpha value is -7.14. The van der Waals surface area contributed by atoms with Gasteiger partial charge in [0, 0.05) is 56.4 Å². The second-order valence-corrected chi connectivity index (χ2v) is 14.5. The first-order valence-corrected chi connectivity index (χ1v) is 18.6. The van der Waals surface area contributed by atoms with Gasteiger partial charge in [0.2, 0.25) is 0 Å². The fraction of sp³-hybridized carbons (Fsp3) is 0.0870. The van der Waals surface area contributed by atoms with Gasteiger partial charge >= 0.3 is 0 Å². The van der Waals surface area contributed by atoms with Gasteiger partial charge < -0.3 is 19.3 Å². The van der Waals surface area contributed by atoms with Gasteiger partial charge in [-0.1, -0.05) is 72.8 Å². The second-order valence-electron chi connectivity index (χ2n) is 14.5. The maximum absolute atomic E-state index is 13.9. The monoisotopic (exact) mass is 732 g/mol. The molecule has 2 N–H and O–H groups in total. The summed E-state index contributed by atoms with van der Waals surface area (Å²) in [5.74, 6) is -2.20. The predicted octanol–water partition coefficient (Wildman–Crippen LogP) is 6.18. The third kappa shape index (κ3) is 4.57. The number of hydrogen-bond acceptors (Lipinski definition) is 4. The molecule has 0 radical (unpaired) electrons. The van der Waals surface area contributed by atoms with E-state index < -0.39 is 35.2 Å². The normalized spacial score (nSPS) is 18.3. The Morgan fingerprint density at radius 1 is 0.411 bits per heavy atom. The molecular weight excluding hydrogens is 701 g/mol. The molecular formula is C46H32N6O4-2. The summed E-state index contributed by atoms with van der Waals surface area (Å²) in [5, 5.41) is 37.7. The van der Waals surface area contributed by atoms with Crippen molar-refractivity contribution in [2.75, 3.05) is 0 Å². The summed E-state index contributed by atoms with van der Waals surface area (Å²) in [6.07, 6.45) is -0.00641. The number of benzene rings is 6. The molecule has 0 saturated heterocycles. The summed E-state index contributed by atoms with van der Waals surface area (Å²) in [5.41, 5.74) is 6.62. The smallest absolute Gasteiger partial charge is 0.274 e. The molecule has 10 heteroatoms. The lowest BCUT2D eigenvalue weighted by molar-refractivity contribution is -0.536. The summed E-state index contributed by atoms with van der Waals surface area (Å²) in [7, 11) is 0. The van der Waals surface area contributed by atoms with Crippen LogP contribution in [0, 0.1) is 0 Å². The highest BCUT2D eigenvalue weighted by Crippen LogP contribution is 2.44. The number of fused-ring (bicyclic) bond motifs is 6. The van der Waals surface area contributed by atoms with Crippen molar-refractivity contribution < 1.29 is 10.2 Å². The topological polar surface area (TPSA) is 132 Å². The molecule has 6 aromatic carbocycles. The molecule has 4 aromatic heterocycles. The van der Waals surface area contributed by atoms with Gasteiger partial charge in [-0.3, -0.25) is 19.8 Å². The lowest BCUT2D eigenvalue weighted by atomic mass is 9.64. The van der Waals surface area contributed by atoms with E-state index >= 15 is 0 Å². The molecule has 1 fully saturated rings. The molecule has 0 unspecified atom stereocenters. The van der Waals surface area contributed by atoms with E-state index in [4.69, 9.17) is 0 Å². The van der Waals surface area contributed by atoms with Crippen LogP contribution in [0.15, 0.2) is 168 Å². The van der Waals surface area contributed by atoms with E-state index in [9.17, 15) is 19.8 Å². The Kier molecular flexibility index (Phi) is 7.03. The highest BCUT2D eigenvalue weighted by Gasteiger charge is 2.42. The molecule has 0 amide bonds. The first-order valence-electron chi connectivity index (χ1n) is 18.6. The first kappa shape index (κ1) is 32.3. The minimum atomic E-state index is -1.47. The van der Waals surface area contributed by atoms with E-state index in [2.05, 4.69) is 67.9 Å². The number of aromatic amines is 2. The molecule has 0 aliphatic heterocycles. The van der Waals surface area contributed by atoms with Crippen LogP contribution in [0.1, 0.15) is 23.0 Å². The third-order valence-corrected chi connectivity index (χ3v) is 11.6. The molecule has 56 heavy (non-hydrogen) atoms. The van der Waals surface area contributed by atoms with Crippen molar-refractivity contribution in [2.24, 2.45) is 0 Å². The lowest BCUT2D eigenvalue weighted by Gasteiger charge is -2.60. The van der Waals surface area contributed by atoms with E-state index in [0.29, 0.717) is 11.4 Å². The number of aromatic nitrogens is 6. The molecule has 11 rings (SSSR count). The summed E-state index contributed by atoms with van der Waals surface area (Å²) < 4.78 is 7.14. The van der Waals surface area contributed by atoms with E-state index in [1.165, 1.54) is 21.8 Å². The molecule has 272 valence electrons. The van der Waals surface area contributed by atoms with E-state index in [1.54, 1.807) is 0 Å². The summed E-state index contributed by atoms with van der Waals surface area (Å²) in [4.78, 5) is 27.8. The summed E-state index contributed by atoms with van der Waals surface area (Å²) in [6, 6.07) is 48.0. The van der Waals surface area contributed by atoms with Gasteiger partial charge in [0.15, 0.2) is 0 Å². The van der Waals surface area contributed by atoms with Crippen molar-refractivity contribution >= 4 is 43.6 Å². The molecule has 1 aliphatic carbocycles. The van der Waals surface area contributed by atoms with Crippen LogP contribution in [-0.2, 0) is 0 Å². The van der Waals surface area contributed by atoms with E-state index in [1.807, 2.05) is 97.1 Å². The second kappa shape index (κ2) is 12.2. The van der Waals surface area contributed by atoms with Crippen LogP contribution in [-0.4, -0.2) is 40.9 Å². The number of para-hydroxylation sites is 4. The van der Waals surface area contributed by atoms with Gasteiger partial charge in [0.05, 0.1) is 33.4 Å². The van der Waals surface area contributed by atoms with Gasteiger partial charge in [-0.25, -0.2) is 9.36 Å². The molecule has 1 aliphatic rings. The highest BCUT2D eigenvalue weighted by atomic mass is 16.3. The van der Waals surface area contributed by atoms with Gasteiger partial charge in [-0.15, -0.1) is 12.2 Å². The highest BCUT2D eigenvalue weighted by molar-refractivity contribution is 6.10. The van der Waals surface area contributed by atoms with Crippen LogP contribution in [0.4, 0.5) is 0 Å². The largest absolute Gasteiger partial charge is 0.851 e. The van der Waals surface area contributed by atoms with Crippen molar-refractivity contribution in [1.82, 2.24) is 28.7 Å². The molecule has 10 nitrogen and oxygen atoms in total. The Bertz CT molecular complexity index is 3030. The SMILES string of the molecule is O=c1c(C2C([O-])C(c3c[nH]n(-c4ccc5c(c4)c4ccccc4n5-c4ccccc4)c3=O)C2[O-])c[nH]n1-c1ccc2c(c1)c1ccccc1n2-c1ccccc1. The molecule has 0 spiro atoms. The van der Waals surface area contributed by atoms with Crippen molar-refractivity contribution in [3.05, 3.63) is 190 Å². The number of nitrogens with one attached hydrogen (secondary N) is 2. The molecule has 0 atom stereocenters. The van der Waals surface area contributed by atoms with Crippen LogP contribution >= 0.6 is 0 Å². The van der Waals surface area contributed by atoms with E-state index in [-0.39, 0.29) is 11.1 Å². The van der Waals surface area contributed by atoms with Crippen LogP contribution in [0.3, 0.4) is 0 Å². The summed E-state index contributed by atoms with van der Waals surface area (Å²) in [6.45, 7) is 0. The minimum Gasteiger partial charge on any atom is -0.851 e. The minimum absolute atomic E-state index is 0.129. The fourth-order valence-electron chi connectivity index (χ4n) is 8.92. The lowest BCUT2D eigenvalue weighted by Crippen LogP contribution is -2.65. The van der Waals surface area contributed by atoms with Crippen molar-refractivity contribution in [1.29, 1.82) is 0 Å². The fourth-order valence-corrected chi connectivity index (χ4v) is 8.92. The zero-order chi connectivity index (χ0) is 37.7. The standard InChI is InChI=1S/C46H32N6O4/c53-43-41(35-25-47-51(45(35)55)29-19-21-39-33(23-29)31-15-7-9-17-37(31)49(39)27-11-3-1-4-12-27)44(54)42(43)36-26-48-52(46(36)56)30-20-22-40-34(24-30)32-16-8-10-18-38(32)50(40)28-13-5-2-6-14-28/h1-26,41-44,47-48H/q-2. The average molecular weight is 733 g/mol. The van der Waals surface area contributed by atoms with Crippen LogP contribution in [0.2, 0.25) is 0 Å². The quantitative estimate of drug-likeness (QED) is 0.212. The summed E-state index contributed by atoms with van der Waals surface area (Å²) >= 11 is 0. The number of rotatable bonds is 6. The Morgan fingerprint density at radius 2 is 0.786 bits per heavy atom. The van der Waals surface area contributed by atoms with E-state index in [0.717, 1.165) is 55.0 Å². The Labute approximate surface area is 318 Å². The number of H-pyrrole nitrogens is 2. The average Bonchev–Trinajstić information content (AvgIpc) is 3.99. The van der Waals surface area contributed by atoms with Crippen molar-refractivity contribution in [3.8, 4) is 22.7 Å². The van der Waals surface area contributed by atoms with Crippen LogP contribution in [0.5, 0.6) is 0 Å². The van der Waals surface area contributed by atoms with Crippen molar-refractivity contribution in [2.45, 2.75) is 24.0 Å². The molecule has 1 saturated carbocycles. The van der Waals surface area contributed by atoms with Gasteiger partial charge in [0.25, 0.3) is 11.1 Å². The zero-order valence-corrected chi connectivity index (χ0v) is 29.7. The van der Waals surface area contributed by atoms with Gasteiger partial charge in [-0.2, -0.15) is 0 Å². The molecule has 0 bridgehead atoms. The Balaban J connectivity index is 0.909. The first-order chi connectivity index (χ1) is 27.5. The molecule has 10 aromatic rings. The van der Waals surface area contributed by atoms with Crippen LogP contribution in [0.25, 0.3) is 66.4 Å². The maximum Gasteiger partial charge on any atom is 0.274 e. The van der Waals surface area contributed by atoms with Crippen molar-refractivity contribution in [3.63, 3.8) is 0 Å². The van der Waals surface area contributed by atoms with Gasteiger partial charge in [-0.05, 0) is 84.6 Å². The third-order valence-electron chi connectivity index (χ3n) is 11.6. The molecule has 4 heterocycles. The van der Waals surface area contributed by atoms with Gasteiger partial charge in [0.1, 0.15) is 0 Å². The maximum atomic E-state index is 13.9.